The highest BCUT2D eigenvalue weighted by atomic mass is 16.5. The molecule has 0 spiro atoms. The van der Waals surface area contributed by atoms with Gasteiger partial charge in [0.05, 0.1) is 19.3 Å². The fraction of sp³-hybridized carbons (Fsp3) is 0.571. The van der Waals surface area contributed by atoms with Gasteiger partial charge in [0.1, 0.15) is 12.4 Å². The Morgan fingerprint density at radius 1 is 1.39 bits per heavy atom. The summed E-state index contributed by atoms with van der Waals surface area (Å²) in [7, 11) is 0. The summed E-state index contributed by atoms with van der Waals surface area (Å²) in [6.07, 6.45) is -0.0434. The molecular formula is C14H21NO3. The number of rotatable bonds is 5. The second kappa shape index (κ2) is 6.73. The van der Waals surface area contributed by atoms with E-state index >= 15 is 0 Å². The third-order valence-electron chi connectivity index (χ3n) is 3.12. The summed E-state index contributed by atoms with van der Waals surface area (Å²) in [5.74, 6) is 0.910. The molecule has 0 amide bonds. The van der Waals surface area contributed by atoms with Crippen LogP contribution in [0.3, 0.4) is 0 Å². The number of aliphatic hydroxyl groups excluding tert-OH is 1. The molecule has 1 unspecified atom stereocenters. The maximum absolute atomic E-state index is 9.06. The zero-order chi connectivity index (χ0) is 12.8. The van der Waals surface area contributed by atoms with E-state index in [-0.39, 0.29) is 12.7 Å². The standard InChI is InChI=1S/C14H21NO3/c1-12-2-4-13(5-3-12)17-8-6-15-7-9-18-14(10-15)11-16/h2-5,14,16H,6-11H2,1H3. The van der Waals surface area contributed by atoms with Crippen LogP contribution in [-0.2, 0) is 4.74 Å². The van der Waals surface area contributed by atoms with Crippen molar-refractivity contribution in [2.45, 2.75) is 13.0 Å². The maximum atomic E-state index is 9.06. The summed E-state index contributed by atoms with van der Waals surface area (Å²) in [4.78, 5) is 2.26. The molecule has 1 aliphatic heterocycles. The molecule has 0 aromatic heterocycles. The molecule has 1 fully saturated rings. The van der Waals surface area contributed by atoms with Gasteiger partial charge in [0.25, 0.3) is 0 Å². The first-order chi connectivity index (χ1) is 8.78. The molecule has 18 heavy (non-hydrogen) atoms. The summed E-state index contributed by atoms with van der Waals surface area (Å²) < 4.78 is 11.1. The van der Waals surface area contributed by atoms with Gasteiger partial charge in [-0.2, -0.15) is 0 Å². The first kappa shape index (κ1) is 13.3. The quantitative estimate of drug-likeness (QED) is 0.850. The van der Waals surface area contributed by atoms with Gasteiger partial charge in [-0.05, 0) is 19.1 Å². The lowest BCUT2D eigenvalue weighted by Crippen LogP contribution is -2.45. The van der Waals surface area contributed by atoms with Gasteiger partial charge in [0, 0.05) is 19.6 Å². The average molecular weight is 251 g/mol. The lowest BCUT2D eigenvalue weighted by atomic mass is 10.2. The number of hydrogen-bond acceptors (Lipinski definition) is 4. The Morgan fingerprint density at radius 3 is 2.89 bits per heavy atom. The largest absolute Gasteiger partial charge is 0.492 e. The summed E-state index contributed by atoms with van der Waals surface area (Å²) in [5, 5.41) is 9.06. The van der Waals surface area contributed by atoms with Crippen LogP contribution in [0.25, 0.3) is 0 Å². The van der Waals surface area contributed by atoms with E-state index in [2.05, 4.69) is 11.8 Å². The van der Waals surface area contributed by atoms with Crippen molar-refractivity contribution in [1.29, 1.82) is 0 Å². The minimum absolute atomic E-state index is 0.0434. The van der Waals surface area contributed by atoms with Crippen LogP contribution in [-0.4, -0.2) is 55.6 Å². The molecule has 1 aromatic carbocycles. The van der Waals surface area contributed by atoms with Crippen LogP contribution in [0.4, 0.5) is 0 Å². The van der Waals surface area contributed by atoms with E-state index in [1.165, 1.54) is 5.56 Å². The Labute approximate surface area is 108 Å². The lowest BCUT2D eigenvalue weighted by molar-refractivity contribution is -0.0547. The van der Waals surface area contributed by atoms with E-state index in [0.717, 1.165) is 25.4 Å². The summed E-state index contributed by atoms with van der Waals surface area (Å²) in [6, 6.07) is 8.08. The normalized spacial score (nSPS) is 20.9. The Morgan fingerprint density at radius 2 is 2.17 bits per heavy atom. The number of hydrogen-bond donors (Lipinski definition) is 1. The van der Waals surface area contributed by atoms with Gasteiger partial charge in [0.15, 0.2) is 0 Å². The third kappa shape index (κ3) is 3.98. The molecule has 0 saturated carbocycles. The predicted octanol–water partition coefficient (Wildman–Crippen LogP) is 1.07. The lowest BCUT2D eigenvalue weighted by Gasteiger charge is -2.31. The molecule has 1 heterocycles. The number of aryl methyl sites for hydroxylation is 1. The van der Waals surface area contributed by atoms with Gasteiger partial charge in [0.2, 0.25) is 0 Å². The van der Waals surface area contributed by atoms with E-state index in [1.807, 2.05) is 24.3 Å². The maximum Gasteiger partial charge on any atom is 0.119 e. The molecule has 0 bridgehead atoms. The Hall–Kier alpha value is -1.10. The van der Waals surface area contributed by atoms with Crippen molar-refractivity contribution in [3.63, 3.8) is 0 Å². The van der Waals surface area contributed by atoms with Crippen molar-refractivity contribution in [1.82, 2.24) is 4.90 Å². The molecule has 100 valence electrons. The number of aliphatic hydroxyl groups is 1. The van der Waals surface area contributed by atoms with Gasteiger partial charge in [-0.25, -0.2) is 0 Å². The highest BCUT2D eigenvalue weighted by molar-refractivity contribution is 5.26. The number of ether oxygens (including phenoxy) is 2. The highest BCUT2D eigenvalue weighted by Crippen LogP contribution is 2.11. The molecule has 4 nitrogen and oxygen atoms in total. The fourth-order valence-corrected chi connectivity index (χ4v) is 2.02. The van der Waals surface area contributed by atoms with Gasteiger partial charge in [-0.3, -0.25) is 4.90 Å². The van der Waals surface area contributed by atoms with Crippen LogP contribution in [0.5, 0.6) is 5.75 Å². The first-order valence-corrected chi connectivity index (χ1v) is 6.42. The highest BCUT2D eigenvalue weighted by Gasteiger charge is 2.19. The SMILES string of the molecule is Cc1ccc(OCCN2CCOC(CO)C2)cc1. The molecular weight excluding hydrogens is 230 g/mol. The third-order valence-corrected chi connectivity index (χ3v) is 3.12. The zero-order valence-electron chi connectivity index (χ0n) is 10.8. The summed E-state index contributed by atoms with van der Waals surface area (Å²) >= 11 is 0. The fourth-order valence-electron chi connectivity index (χ4n) is 2.02. The van der Waals surface area contributed by atoms with Crippen LogP contribution < -0.4 is 4.74 Å². The van der Waals surface area contributed by atoms with Gasteiger partial charge in [-0.1, -0.05) is 17.7 Å². The topological polar surface area (TPSA) is 41.9 Å². The molecule has 0 aliphatic carbocycles. The predicted molar refractivity (Wildman–Crippen MR) is 69.9 cm³/mol. The molecule has 1 aromatic rings. The van der Waals surface area contributed by atoms with Crippen LogP contribution in [0.2, 0.25) is 0 Å². The van der Waals surface area contributed by atoms with Gasteiger partial charge < -0.3 is 14.6 Å². The van der Waals surface area contributed by atoms with Crippen molar-refractivity contribution >= 4 is 0 Å². The van der Waals surface area contributed by atoms with Crippen molar-refractivity contribution < 1.29 is 14.6 Å². The summed E-state index contributed by atoms with van der Waals surface area (Å²) in [6.45, 7) is 6.08. The Kier molecular flexibility index (Phi) is 4.99. The number of benzene rings is 1. The molecule has 1 saturated heterocycles. The van der Waals surface area contributed by atoms with Crippen molar-refractivity contribution in [2.75, 3.05) is 39.5 Å². The van der Waals surface area contributed by atoms with E-state index in [1.54, 1.807) is 0 Å². The van der Waals surface area contributed by atoms with E-state index in [0.29, 0.717) is 13.2 Å². The van der Waals surface area contributed by atoms with Gasteiger partial charge in [-0.15, -0.1) is 0 Å². The van der Waals surface area contributed by atoms with E-state index < -0.39 is 0 Å². The van der Waals surface area contributed by atoms with E-state index in [9.17, 15) is 0 Å². The smallest absolute Gasteiger partial charge is 0.119 e. The van der Waals surface area contributed by atoms with Crippen LogP contribution in [0.15, 0.2) is 24.3 Å². The average Bonchev–Trinajstić information content (AvgIpc) is 2.41. The van der Waals surface area contributed by atoms with Crippen molar-refractivity contribution in [3.8, 4) is 5.75 Å². The summed E-state index contributed by atoms with van der Waals surface area (Å²) in [5.41, 5.74) is 1.24. The number of nitrogens with zero attached hydrogens (tertiary/aromatic N) is 1. The van der Waals surface area contributed by atoms with Crippen LogP contribution >= 0.6 is 0 Å². The monoisotopic (exact) mass is 251 g/mol. The molecule has 1 aliphatic rings. The zero-order valence-corrected chi connectivity index (χ0v) is 10.8. The molecule has 1 atom stereocenters. The van der Waals surface area contributed by atoms with Crippen molar-refractivity contribution in [2.24, 2.45) is 0 Å². The van der Waals surface area contributed by atoms with Crippen molar-refractivity contribution in [3.05, 3.63) is 29.8 Å². The van der Waals surface area contributed by atoms with Crippen LogP contribution in [0.1, 0.15) is 5.56 Å². The molecule has 0 radical (unpaired) electrons. The minimum Gasteiger partial charge on any atom is -0.492 e. The van der Waals surface area contributed by atoms with Gasteiger partial charge >= 0.3 is 0 Å². The Bertz CT molecular complexity index is 353. The Balaban J connectivity index is 1.70. The van der Waals surface area contributed by atoms with E-state index in [4.69, 9.17) is 14.6 Å². The minimum atomic E-state index is -0.0434. The second-order valence-corrected chi connectivity index (χ2v) is 4.64. The molecule has 1 N–H and O–H groups in total. The van der Waals surface area contributed by atoms with Crippen LogP contribution in [0, 0.1) is 6.92 Å². The second-order valence-electron chi connectivity index (χ2n) is 4.64. The molecule has 2 rings (SSSR count). The number of morpholine rings is 1. The molecule has 4 heteroatoms. The first-order valence-electron chi connectivity index (χ1n) is 6.42.